The van der Waals surface area contributed by atoms with Crippen LogP contribution in [0, 0.1) is 18.7 Å². The van der Waals surface area contributed by atoms with Gasteiger partial charge in [-0.3, -0.25) is 9.69 Å². The maximum Gasteiger partial charge on any atom is 0.306 e. The molecule has 0 spiro atoms. The van der Waals surface area contributed by atoms with E-state index < -0.39 is 5.97 Å². The number of rotatable bonds is 5. The Kier molecular flexibility index (Phi) is 5.22. The van der Waals surface area contributed by atoms with Gasteiger partial charge >= 0.3 is 5.97 Å². The molecule has 2 aliphatic rings. The molecule has 6 rings (SSSR count). The van der Waals surface area contributed by atoms with Crippen LogP contribution in [0.15, 0.2) is 65.2 Å². The van der Waals surface area contributed by atoms with Gasteiger partial charge in [0.1, 0.15) is 5.82 Å². The van der Waals surface area contributed by atoms with Crippen LogP contribution >= 0.6 is 0 Å². The SMILES string of the molecule is Cc1cc(-c2nc(-c3ccc4c(c3)CN([C@H]3C[C@H](C(=O)O)C3)C4)no2)ccc1-c1ccccc1F. The average Bonchev–Trinajstić information content (AvgIpc) is 3.45. The smallest absolute Gasteiger partial charge is 0.306 e. The van der Waals surface area contributed by atoms with Crippen molar-refractivity contribution < 1.29 is 18.8 Å². The number of hydrogen-bond acceptors (Lipinski definition) is 5. The number of carboxylic acid groups (broad SMARTS) is 1. The largest absolute Gasteiger partial charge is 0.481 e. The fraction of sp³-hybridized carbons (Fsp3) is 0.250. The molecule has 1 saturated carbocycles. The summed E-state index contributed by atoms with van der Waals surface area (Å²) in [5.74, 6) is -0.213. The molecule has 0 unspecified atom stereocenters. The molecule has 1 N–H and O–H groups in total. The van der Waals surface area contributed by atoms with Gasteiger partial charge in [-0.2, -0.15) is 4.98 Å². The second-order valence-corrected chi connectivity index (χ2v) is 9.48. The number of aryl methyl sites for hydroxylation is 1. The van der Waals surface area contributed by atoms with E-state index >= 15 is 0 Å². The summed E-state index contributed by atoms with van der Waals surface area (Å²) < 4.78 is 19.8. The van der Waals surface area contributed by atoms with E-state index in [1.165, 1.54) is 17.2 Å². The summed E-state index contributed by atoms with van der Waals surface area (Å²) >= 11 is 0. The lowest BCUT2D eigenvalue weighted by molar-refractivity contribution is -0.147. The van der Waals surface area contributed by atoms with Gasteiger partial charge in [0.25, 0.3) is 5.89 Å². The number of fused-ring (bicyclic) bond motifs is 1. The molecule has 1 aliphatic heterocycles. The van der Waals surface area contributed by atoms with Gasteiger partial charge in [-0.05, 0) is 66.3 Å². The summed E-state index contributed by atoms with van der Waals surface area (Å²) in [7, 11) is 0. The highest BCUT2D eigenvalue weighted by molar-refractivity contribution is 5.72. The second-order valence-electron chi connectivity index (χ2n) is 9.48. The minimum absolute atomic E-state index is 0.207. The Morgan fingerprint density at radius 1 is 1.00 bits per heavy atom. The van der Waals surface area contributed by atoms with Gasteiger partial charge < -0.3 is 9.63 Å². The Morgan fingerprint density at radius 3 is 2.54 bits per heavy atom. The Morgan fingerprint density at radius 2 is 1.77 bits per heavy atom. The van der Waals surface area contributed by atoms with Crippen molar-refractivity contribution in [3.63, 3.8) is 0 Å². The highest BCUT2D eigenvalue weighted by Crippen LogP contribution is 2.38. The Hall–Kier alpha value is -3.84. The summed E-state index contributed by atoms with van der Waals surface area (Å²) in [4.78, 5) is 18.1. The summed E-state index contributed by atoms with van der Waals surface area (Å²) in [5.41, 5.74) is 6.47. The third kappa shape index (κ3) is 3.91. The van der Waals surface area contributed by atoms with Crippen molar-refractivity contribution in [2.45, 2.75) is 38.9 Å². The quantitative estimate of drug-likeness (QED) is 0.404. The zero-order valence-corrected chi connectivity index (χ0v) is 19.2. The minimum Gasteiger partial charge on any atom is -0.481 e. The lowest BCUT2D eigenvalue weighted by Gasteiger charge is -2.39. The predicted octanol–water partition coefficient (Wildman–Crippen LogP) is 5.70. The monoisotopic (exact) mass is 469 g/mol. The van der Waals surface area contributed by atoms with E-state index in [2.05, 4.69) is 27.2 Å². The number of benzene rings is 3. The van der Waals surface area contributed by atoms with Crippen LogP contribution in [0.4, 0.5) is 4.39 Å². The summed E-state index contributed by atoms with van der Waals surface area (Å²) in [6.07, 6.45) is 1.44. The van der Waals surface area contributed by atoms with Crippen molar-refractivity contribution in [2.24, 2.45) is 5.92 Å². The van der Waals surface area contributed by atoms with Crippen molar-refractivity contribution in [2.75, 3.05) is 0 Å². The Bertz CT molecular complexity index is 1440. The van der Waals surface area contributed by atoms with Gasteiger partial charge in [-0.15, -0.1) is 0 Å². The molecule has 1 fully saturated rings. The van der Waals surface area contributed by atoms with Crippen molar-refractivity contribution in [1.82, 2.24) is 15.0 Å². The van der Waals surface area contributed by atoms with Gasteiger partial charge in [0, 0.05) is 35.8 Å². The zero-order valence-electron chi connectivity index (χ0n) is 19.2. The van der Waals surface area contributed by atoms with Crippen LogP contribution in [-0.4, -0.2) is 32.2 Å². The minimum atomic E-state index is -0.690. The molecular formula is C28H24FN3O3. The molecule has 2 heterocycles. The molecule has 6 nitrogen and oxygen atoms in total. The number of aliphatic carboxylic acids is 1. The Balaban J connectivity index is 1.20. The molecule has 1 aromatic heterocycles. The maximum atomic E-state index is 14.2. The maximum absolute atomic E-state index is 14.2. The standard InChI is InChI=1S/C28H24FN3O3/c1-16-10-18(8-9-23(16)24-4-2-3-5-25(24)29)27-30-26(31-35-27)17-6-7-19-14-32(15-21(19)11-17)22-12-20(13-22)28(33)34/h2-11,20,22H,12-15H2,1H3,(H,33,34)/t20-,22-. The fourth-order valence-corrected chi connectivity index (χ4v) is 5.14. The van der Waals surface area contributed by atoms with Crippen molar-refractivity contribution >= 4 is 5.97 Å². The number of hydrogen-bond donors (Lipinski definition) is 1. The van der Waals surface area contributed by atoms with Gasteiger partial charge in [0.15, 0.2) is 0 Å². The van der Waals surface area contributed by atoms with E-state index in [0.717, 1.165) is 48.2 Å². The molecule has 1 aliphatic carbocycles. The molecule has 3 aromatic carbocycles. The summed E-state index contributed by atoms with van der Waals surface area (Å²) in [6.45, 7) is 3.59. The van der Waals surface area contributed by atoms with Gasteiger partial charge in [-0.25, -0.2) is 4.39 Å². The molecule has 7 heteroatoms. The number of halogens is 1. The number of carboxylic acids is 1. The van der Waals surface area contributed by atoms with Crippen LogP contribution in [0.25, 0.3) is 34.0 Å². The van der Waals surface area contributed by atoms with E-state index in [4.69, 9.17) is 9.63 Å². The van der Waals surface area contributed by atoms with Crippen molar-refractivity contribution in [3.8, 4) is 34.0 Å². The molecule has 0 radical (unpaired) electrons. The number of nitrogens with zero attached hydrogens (tertiary/aromatic N) is 3. The van der Waals surface area contributed by atoms with Crippen LogP contribution < -0.4 is 0 Å². The molecule has 0 bridgehead atoms. The molecule has 4 aromatic rings. The van der Waals surface area contributed by atoms with E-state index in [1.54, 1.807) is 12.1 Å². The Labute approximate surface area is 202 Å². The first-order valence-electron chi connectivity index (χ1n) is 11.7. The van der Waals surface area contributed by atoms with E-state index in [9.17, 15) is 9.18 Å². The van der Waals surface area contributed by atoms with Crippen LogP contribution in [0.3, 0.4) is 0 Å². The molecule has 0 amide bonds. The topological polar surface area (TPSA) is 79.5 Å². The van der Waals surface area contributed by atoms with Gasteiger partial charge in [-0.1, -0.05) is 41.6 Å². The van der Waals surface area contributed by atoms with E-state index in [1.807, 2.05) is 37.3 Å². The second kappa shape index (κ2) is 8.43. The summed E-state index contributed by atoms with van der Waals surface area (Å²) in [6, 6.07) is 19.0. The van der Waals surface area contributed by atoms with Crippen LogP contribution in [-0.2, 0) is 17.9 Å². The summed E-state index contributed by atoms with van der Waals surface area (Å²) in [5, 5.41) is 13.3. The third-order valence-corrected chi connectivity index (χ3v) is 7.25. The van der Waals surface area contributed by atoms with Crippen LogP contribution in [0.1, 0.15) is 29.5 Å². The zero-order chi connectivity index (χ0) is 24.1. The molecule has 0 saturated heterocycles. The lowest BCUT2D eigenvalue weighted by atomic mass is 9.79. The van der Waals surface area contributed by atoms with E-state index in [0.29, 0.717) is 23.3 Å². The average molecular weight is 470 g/mol. The fourth-order valence-electron chi connectivity index (χ4n) is 5.14. The third-order valence-electron chi connectivity index (χ3n) is 7.25. The normalized spacial score (nSPS) is 19.4. The lowest BCUT2D eigenvalue weighted by Crippen LogP contribution is -2.44. The molecular weight excluding hydrogens is 445 g/mol. The van der Waals surface area contributed by atoms with Gasteiger partial charge in [0.05, 0.1) is 5.92 Å². The van der Waals surface area contributed by atoms with Crippen molar-refractivity contribution in [1.29, 1.82) is 0 Å². The molecule has 35 heavy (non-hydrogen) atoms. The first-order chi connectivity index (χ1) is 17.0. The highest BCUT2D eigenvalue weighted by Gasteiger charge is 2.39. The highest BCUT2D eigenvalue weighted by atomic mass is 19.1. The molecule has 176 valence electrons. The molecule has 0 atom stereocenters. The van der Waals surface area contributed by atoms with Crippen LogP contribution in [0.2, 0.25) is 0 Å². The van der Waals surface area contributed by atoms with E-state index in [-0.39, 0.29) is 11.7 Å². The van der Waals surface area contributed by atoms with Crippen LogP contribution in [0.5, 0.6) is 0 Å². The van der Waals surface area contributed by atoms with Gasteiger partial charge in [0.2, 0.25) is 5.82 Å². The first-order valence-corrected chi connectivity index (χ1v) is 11.7. The first kappa shape index (κ1) is 21.7. The van der Waals surface area contributed by atoms with Crippen molar-refractivity contribution in [3.05, 3.63) is 83.2 Å². The predicted molar refractivity (Wildman–Crippen MR) is 129 cm³/mol. The number of carbonyl (C=O) groups is 1. The number of aromatic nitrogens is 2.